The fraction of sp³-hybridized carbons (Fsp3) is 0.667. The number of aromatic nitrogens is 4. The molecule has 1 saturated carbocycles. The Bertz CT molecular complexity index is 663. The van der Waals surface area contributed by atoms with Crippen molar-refractivity contribution >= 4 is 22.8 Å². The molecule has 22 heavy (non-hydrogen) atoms. The first-order valence-electron chi connectivity index (χ1n) is 7.99. The van der Waals surface area contributed by atoms with Crippen LogP contribution in [0.5, 0.6) is 5.88 Å². The first kappa shape index (κ1) is 14.2. The maximum Gasteiger partial charge on any atom is 0.247 e. The molecule has 1 saturated heterocycles. The molecule has 0 bridgehead atoms. The second-order valence-electron chi connectivity index (χ2n) is 5.97. The summed E-state index contributed by atoms with van der Waals surface area (Å²) in [5.41, 5.74) is 1.37. The average Bonchev–Trinajstić information content (AvgIpc) is 3.17. The van der Waals surface area contributed by atoms with E-state index < -0.39 is 0 Å². The minimum absolute atomic E-state index is 0.0240. The van der Waals surface area contributed by atoms with Crippen LogP contribution in [0.15, 0.2) is 6.33 Å². The predicted molar refractivity (Wildman–Crippen MR) is 82.1 cm³/mol. The Morgan fingerprint density at radius 1 is 1.14 bits per heavy atom. The van der Waals surface area contributed by atoms with Crippen LogP contribution in [0, 0.1) is 0 Å². The summed E-state index contributed by atoms with van der Waals surface area (Å²) in [6.45, 7) is 0.772. The van der Waals surface area contributed by atoms with E-state index in [1.807, 2.05) is 4.57 Å². The molecule has 0 N–H and O–H groups in total. The Hall–Kier alpha value is -1.40. The first-order chi connectivity index (χ1) is 10.8. The SMILES string of the molecule is Clc1nc(OC2CCCC2)c2ncn(C3CCCCO3)c2n1. The van der Waals surface area contributed by atoms with Gasteiger partial charge in [-0.05, 0) is 56.5 Å². The molecule has 1 unspecified atom stereocenters. The monoisotopic (exact) mass is 322 g/mol. The molecule has 6 nitrogen and oxygen atoms in total. The van der Waals surface area contributed by atoms with Crippen molar-refractivity contribution in [2.24, 2.45) is 0 Å². The van der Waals surface area contributed by atoms with Gasteiger partial charge in [0.2, 0.25) is 11.2 Å². The quantitative estimate of drug-likeness (QED) is 0.809. The average molecular weight is 323 g/mol. The third kappa shape index (κ3) is 2.65. The molecular formula is C15H19ClN4O2. The van der Waals surface area contributed by atoms with Crippen LogP contribution in [0.25, 0.3) is 11.2 Å². The van der Waals surface area contributed by atoms with Gasteiger partial charge in [0.1, 0.15) is 12.3 Å². The number of halogens is 1. The van der Waals surface area contributed by atoms with Crippen molar-refractivity contribution in [2.75, 3.05) is 6.61 Å². The highest BCUT2D eigenvalue weighted by molar-refractivity contribution is 6.28. The van der Waals surface area contributed by atoms with Gasteiger partial charge in [0.15, 0.2) is 11.2 Å². The van der Waals surface area contributed by atoms with Gasteiger partial charge in [-0.3, -0.25) is 4.57 Å². The number of hydrogen-bond donors (Lipinski definition) is 0. The third-order valence-electron chi connectivity index (χ3n) is 4.41. The lowest BCUT2D eigenvalue weighted by Crippen LogP contribution is -2.18. The molecule has 7 heteroatoms. The van der Waals surface area contributed by atoms with Gasteiger partial charge >= 0.3 is 0 Å². The van der Waals surface area contributed by atoms with Crippen molar-refractivity contribution in [1.82, 2.24) is 19.5 Å². The highest BCUT2D eigenvalue weighted by atomic mass is 35.5. The van der Waals surface area contributed by atoms with Gasteiger partial charge < -0.3 is 9.47 Å². The van der Waals surface area contributed by atoms with Crippen LogP contribution in [0.1, 0.15) is 51.2 Å². The zero-order valence-corrected chi connectivity index (χ0v) is 13.1. The summed E-state index contributed by atoms with van der Waals surface area (Å²) in [4.78, 5) is 13.0. The third-order valence-corrected chi connectivity index (χ3v) is 4.58. The summed E-state index contributed by atoms with van der Waals surface area (Å²) in [7, 11) is 0. The molecule has 1 aliphatic carbocycles. The standard InChI is InChI=1S/C15H19ClN4O2/c16-15-18-13-12(14(19-15)22-10-5-1-2-6-10)17-9-20(13)11-7-3-4-8-21-11/h9-11H,1-8H2. The summed E-state index contributed by atoms with van der Waals surface area (Å²) in [5.74, 6) is 0.497. The lowest BCUT2D eigenvalue weighted by molar-refractivity contribution is -0.0298. The van der Waals surface area contributed by atoms with Gasteiger partial charge in [0.25, 0.3) is 0 Å². The van der Waals surface area contributed by atoms with Crippen molar-refractivity contribution in [3.05, 3.63) is 11.6 Å². The topological polar surface area (TPSA) is 62.1 Å². The number of nitrogens with zero attached hydrogens (tertiary/aromatic N) is 4. The minimum atomic E-state index is -0.0240. The van der Waals surface area contributed by atoms with E-state index in [9.17, 15) is 0 Å². The molecule has 0 aromatic carbocycles. The maximum atomic E-state index is 6.09. The lowest BCUT2D eigenvalue weighted by Gasteiger charge is -2.23. The number of hydrogen-bond acceptors (Lipinski definition) is 5. The van der Waals surface area contributed by atoms with E-state index in [0.29, 0.717) is 17.0 Å². The molecule has 0 radical (unpaired) electrons. The molecule has 0 spiro atoms. The van der Waals surface area contributed by atoms with Gasteiger partial charge in [0.05, 0.1) is 6.33 Å². The lowest BCUT2D eigenvalue weighted by atomic mass is 10.2. The Balaban J connectivity index is 1.70. The van der Waals surface area contributed by atoms with Crippen molar-refractivity contribution in [1.29, 1.82) is 0 Å². The molecule has 2 aromatic rings. The molecule has 2 aromatic heterocycles. The zero-order chi connectivity index (χ0) is 14.9. The number of rotatable bonds is 3. The van der Waals surface area contributed by atoms with Crippen LogP contribution in [0.4, 0.5) is 0 Å². The van der Waals surface area contributed by atoms with E-state index in [-0.39, 0.29) is 17.6 Å². The largest absolute Gasteiger partial charge is 0.473 e. The fourth-order valence-corrected chi connectivity index (χ4v) is 3.42. The molecule has 1 atom stereocenters. The van der Waals surface area contributed by atoms with Crippen LogP contribution in [0.3, 0.4) is 0 Å². The number of ether oxygens (including phenoxy) is 2. The van der Waals surface area contributed by atoms with Crippen molar-refractivity contribution in [3.63, 3.8) is 0 Å². The Morgan fingerprint density at radius 3 is 2.73 bits per heavy atom. The maximum absolute atomic E-state index is 6.09. The molecule has 4 rings (SSSR count). The fourth-order valence-electron chi connectivity index (χ4n) is 3.27. The van der Waals surface area contributed by atoms with Gasteiger partial charge in [-0.15, -0.1) is 0 Å². The molecule has 2 aliphatic rings. The van der Waals surface area contributed by atoms with Crippen LogP contribution in [-0.4, -0.2) is 32.2 Å². The Morgan fingerprint density at radius 2 is 1.95 bits per heavy atom. The molecule has 2 fully saturated rings. The molecular weight excluding hydrogens is 304 g/mol. The van der Waals surface area contributed by atoms with Crippen molar-refractivity contribution in [2.45, 2.75) is 57.3 Å². The first-order valence-corrected chi connectivity index (χ1v) is 8.37. The van der Waals surface area contributed by atoms with Crippen LogP contribution >= 0.6 is 11.6 Å². The summed E-state index contributed by atoms with van der Waals surface area (Å²) in [5, 5.41) is 0.193. The van der Waals surface area contributed by atoms with Gasteiger partial charge in [-0.2, -0.15) is 9.97 Å². The van der Waals surface area contributed by atoms with Crippen LogP contribution < -0.4 is 4.74 Å². The summed E-state index contributed by atoms with van der Waals surface area (Å²) in [6.07, 6.45) is 9.70. The molecule has 118 valence electrons. The summed E-state index contributed by atoms with van der Waals surface area (Å²) >= 11 is 6.09. The van der Waals surface area contributed by atoms with Gasteiger partial charge in [-0.25, -0.2) is 4.98 Å². The highest BCUT2D eigenvalue weighted by Gasteiger charge is 2.24. The second-order valence-corrected chi connectivity index (χ2v) is 6.31. The zero-order valence-electron chi connectivity index (χ0n) is 12.4. The van der Waals surface area contributed by atoms with E-state index in [1.54, 1.807) is 6.33 Å². The van der Waals surface area contributed by atoms with E-state index in [4.69, 9.17) is 21.1 Å². The van der Waals surface area contributed by atoms with E-state index in [0.717, 1.165) is 38.7 Å². The van der Waals surface area contributed by atoms with Crippen LogP contribution in [0.2, 0.25) is 5.28 Å². The molecule has 3 heterocycles. The highest BCUT2D eigenvalue weighted by Crippen LogP contribution is 2.31. The number of imidazole rings is 1. The van der Waals surface area contributed by atoms with Crippen LogP contribution in [-0.2, 0) is 4.74 Å². The smallest absolute Gasteiger partial charge is 0.247 e. The predicted octanol–water partition coefficient (Wildman–Crippen LogP) is 3.50. The van der Waals surface area contributed by atoms with Crippen molar-refractivity contribution in [3.8, 4) is 5.88 Å². The van der Waals surface area contributed by atoms with Gasteiger partial charge in [0, 0.05) is 6.61 Å². The van der Waals surface area contributed by atoms with Gasteiger partial charge in [-0.1, -0.05) is 0 Å². The summed E-state index contributed by atoms with van der Waals surface area (Å²) < 4.78 is 13.8. The van der Waals surface area contributed by atoms with E-state index in [1.165, 1.54) is 12.8 Å². The second kappa shape index (κ2) is 6.01. The molecule has 0 amide bonds. The van der Waals surface area contributed by atoms with Crippen molar-refractivity contribution < 1.29 is 9.47 Å². The summed E-state index contributed by atoms with van der Waals surface area (Å²) in [6, 6.07) is 0. The Labute approximate surface area is 133 Å². The van der Waals surface area contributed by atoms with E-state index >= 15 is 0 Å². The normalized spacial score (nSPS) is 23.2. The minimum Gasteiger partial charge on any atom is -0.473 e. The number of fused-ring (bicyclic) bond motifs is 1. The van der Waals surface area contributed by atoms with E-state index in [2.05, 4.69) is 15.0 Å². The Kier molecular flexibility index (Phi) is 3.88. The molecule has 1 aliphatic heterocycles.